The molecule has 8 heteroatoms. The maximum absolute atomic E-state index is 12.4. The number of nitrogens with one attached hydrogen (secondary N) is 2. The zero-order chi connectivity index (χ0) is 15.0. The van der Waals surface area contributed by atoms with Crippen LogP contribution >= 0.6 is 11.3 Å². The molecule has 2 heterocycles. The van der Waals surface area contributed by atoms with E-state index in [4.69, 9.17) is 0 Å². The monoisotopic (exact) mass is 326 g/mol. The Morgan fingerprint density at radius 2 is 2.19 bits per heavy atom. The highest BCUT2D eigenvalue weighted by Crippen LogP contribution is 2.26. The quantitative estimate of drug-likeness (QED) is 0.849. The molecule has 0 amide bonds. The van der Waals surface area contributed by atoms with Crippen molar-refractivity contribution in [2.45, 2.75) is 36.6 Å². The van der Waals surface area contributed by atoms with Crippen molar-refractivity contribution in [2.24, 2.45) is 7.05 Å². The lowest BCUT2D eigenvalue weighted by atomic mass is 10.4. The van der Waals surface area contributed by atoms with Gasteiger partial charge in [-0.25, -0.2) is 8.42 Å². The summed E-state index contributed by atoms with van der Waals surface area (Å²) in [6.07, 6.45) is 4.10. The van der Waals surface area contributed by atoms with Gasteiger partial charge in [-0.2, -0.15) is 5.10 Å². The van der Waals surface area contributed by atoms with Crippen LogP contribution < -0.4 is 10.0 Å². The van der Waals surface area contributed by atoms with Crippen LogP contribution in [0, 0.1) is 6.92 Å². The second kappa shape index (κ2) is 5.43. The van der Waals surface area contributed by atoms with Crippen molar-refractivity contribution in [2.75, 3.05) is 4.72 Å². The molecular weight excluding hydrogens is 308 g/mol. The second-order valence-electron chi connectivity index (χ2n) is 5.28. The lowest BCUT2D eigenvalue weighted by Crippen LogP contribution is -2.14. The molecule has 1 saturated carbocycles. The molecule has 2 aromatic heterocycles. The van der Waals surface area contributed by atoms with Gasteiger partial charge in [0, 0.05) is 30.7 Å². The molecule has 1 aliphatic carbocycles. The van der Waals surface area contributed by atoms with Crippen molar-refractivity contribution in [3.63, 3.8) is 0 Å². The summed E-state index contributed by atoms with van der Waals surface area (Å²) in [4.78, 5) is 1.03. The van der Waals surface area contributed by atoms with Crippen molar-refractivity contribution in [3.8, 4) is 0 Å². The Labute approximate surface area is 128 Å². The van der Waals surface area contributed by atoms with E-state index in [0.717, 1.165) is 11.4 Å². The fraction of sp³-hybridized carbons (Fsp3) is 0.462. The topological polar surface area (TPSA) is 76.0 Å². The van der Waals surface area contributed by atoms with Crippen LogP contribution in [0.5, 0.6) is 0 Å². The molecule has 0 spiro atoms. The smallest absolute Gasteiger partial charge is 0.271 e. The third-order valence-electron chi connectivity index (χ3n) is 3.30. The Bertz CT molecular complexity index is 744. The predicted molar refractivity (Wildman–Crippen MR) is 82.9 cm³/mol. The molecule has 0 bridgehead atoms. The van der Waals surface area contributed by atoms with Crippen molar-refractivity contribution < 1.29 is 8.42 Å². The van der Waals surface area contributed by atoms with Gasteiger partial charge in [-0.3, -0.25) is 9.40 Å². The van der Waals surface area contributed by atoms with E-state index in [-0.39, 0.29) is 0 Å². The van der Waals surface area contributed by atoms with Crippen molar-refractivity contribution in [1.29, 1.82) is 0 Å². The fourth-order valence-electron chi connectivity index (χ4n) is 2.02. The summed E-state index contributed by atoms with van der Waals surface area (Å²) in [5, 5.41) is 7.51. The van der Waals surface area contributed by atoms with Crippen LogP contribution in [-0.2, 0) is 23.6 Å². The minimum absolute atomic E-state index is 0.332. The normalized spacial score (nSPS) is 15.3. The predicted octanol–water partition coefficient (Wildman–Crippen LogP) is 1.84. The summed E-state index contributed by atoms with van der Waals surface area (Å²) in [6, 6.07) is 4.14. The van der Waals surface area contributed by atoms with E-state index in [1.165, 1.54) is 24.2 Å². The van der Waals surface area contributed by atoms with Crippen LogP contribution in [0.15, 0.2) is 22.5 Å². The summed E-state index contributed by atoms with van der Waals surface area (Å²) in [7, 11) is -1.78. The Kier molecular flexibility index (Phi) is 3.76. The van der Waals surface area contributed by atoms with Crippen LogP contribution in [0.1, 0.15) is 23.4 Å². The minimum atomic E-state index is -3.54. The molecule has 2 aromatic rings. The second-order valence-corrected chi connectivity index (χ2v) is 8.36. The van der Waals surface area contributed by atoms with Crippen LogP contribution in [0.4, 0.5) is 5.69 Å². The molecule has 0 radical (unpaired) electrons. The van der Waals surface area contributed by atoms with E-state index in [1.54, 1.807) is 30.9 Å². The largest absolute Gasteiger partial charge is 0.309 e. The van der Waals surface area contributed by atoms with Gasteiger partial charge in [0.1, 0.15) is 4.21 Å². The van der Waals surface area contributed by atoms with E-state index >= 15 is 0 Å². The highest BCUT2D eigenvalue weighted by atomic mass is 32.2. The zero-order valence-corrected chi connectivity index (χ0v) is 13.6. The first-order chi connectivity index (χ1) is 9.94. The van der Waals surface area contributed by atoms with Crippen LogP contribution in [0.25, 0.3) is 0 Å². The Morgan fingerprint density at radius 3 is 2.81 bits per heavy atom. The molecule has 1 aliphatic rings. The number of aryl methyl sites for hydroxylation is 2. The Morgan fingerprint density at radius 1 is 1.43 bits per heavy atom. The molecule has 0 atom stereocenters. The molecule has 1 fully saturated rings. The Hall–Kier alpha value is -1.38. The highest BCUT2D eigenvalue weighted by molar-refractivity contribution is 7.94. The SMILES string of the molecule is Cc1nn(C)cc1NS(=O)(=O)c1ccc(CNC2CC2)s1. The van der Waals surface area contributed by atoms with Gasteiger partial charge < -0.3 is 5.32 Å². The van der Waals surface area contributed by atoms with E-state index < -0.39 is 10.0 Å². The summed E-state index contributed by atoms with van der Waals surface area (Å²) < 4.78 is 29.3. The average molecular weight is 326 g/mol. The van der Waals surface area contributed by atoms with Crippen molar-refractivity contribution in [1.82, 2.24) is 15.1 Å². The molecule has 2 N–H and O–H groups in total. The molecule has 114 valence electrons. The van der Waals surface area contributed by atoms with Crippen LogP contribution in [0.2, 0.25) is 0 Å². The third-order valence-corrected chi connectivity index (χ3v) is 6.24. The molecule has 0 saturated heterocycles. The van der Waals surface area contributed by atoms with Crippen LogP contribution in [-0.4, -0.2) is 24.2 Å². The summed E-state index contributed by atoms with van der Waals surface area (Å²) in [5.74, 6) is 0. The fourth-order valence-corrected chi connectivity index (χ4v) is 4.43. The number of thiophene rings is 1. The number of sulfonamides is 1. The van der Waals surface area contributed by atoms with Gasteiger partial charge in [0.2, 0.25) is 0 Å². The maximum atomic E-state index is 12.4. The molecule has 0 aliphatic heterocycles. The van der Waals surface area contributed by atoms with Gasteiger partial charge in [0.05, 0.1) is 11.4 Å². The lowest BCUT2D eigenvalue weighted by Gasteiger charge is -2.04. The van der Waals surface area contributed by atoms with Gasteiger partial charge in [-0.15, -0.1) is 11.3 Å². The standard InChI is InChI=1S/C13H18N4O2S2/c1-9-12(8-17(2)15-9)16-21(18,19)13-6-5-11(20-13)7-14-10-3-4-10/h5-6,8,10,14,16H,3-4,7H2,1-2H3. The van der Waals surface area contributed by atoms with Gasteiger partial charge in [0.25, 0.3) is 10.0 Å². The Balaban J connectivity index is 1.73. The average Bonchev–Trinajstić information content (AvgIpc) is 3.01. The molecule has 21 heavy (non-hydrogen) atoms. The lowest BCUT2D eigenvalue weighted by molar-refractivity contribution is 0.603. The summed E-state index contributed by atoms with van der Waals surface area (Å²) in [5.41, 5.74) is 1.18. The van der Waals surface area contributed by atoms with E-state index in [9.17, 15) is 8.42 Å². The van der Waals surface area contributed by atoms with E-state index in [0.29, 0.717) is 21.6 Å². The zero-order valence-electron chi connectivity index (χ0n) is 12.0. The van der Waals surface area contributed by atoms with Gasteiger partial charge in [0.15, 0.2) is 0 Å². The number of aromatic nitrogens is 2. The first kappa shape index (κ1) is 14.6. The van der Waals surface area contributed by atoms with Gasteiger partial charge in [-0.05, 0) is 31.9 Å². The van der Waals surface area contributed by atoms with Gasteiger partial charge in [-0.1, -0.05) is 0 Å². The molecule has 0 aromatic carbocycles. The van der Waals surface area contributed by atoms with Crippen molar-refractivity contribution >= 4 is 27.0 Å². The van der Waals surface area contributed by atoms with E-state index in [2.05, 4.69) is 15.1 Å². The number of hydrogen-bond donors (Lipinski definition) is 2. The third kappa shape index (κ3) is 3.45. The van der Waals surface area contributed by atoms with Crippen LogP contribution in [0.3, 0.4) is 0 Å². The number of nitrogens with zero attached hydrogens (tertiary/aromatic N) is 2. The molecule has 0 unspecified atom stereocenters. The number of hydrogen-bond acceptors (Lipinski definition) is 5. The maximum Gasteiger partial charge on any atom is 0.271 e. The first-order valence-electron chi connectivity index (χ1n) is 6.79. The molecule has 3 rings (SSSR count). The van der Waals surface area contributed by atoms with Gasteiger partial charge >= 0.3 is 0 Å². The summed E-state index contributed by atoms with van der Waals surface area (Å²) in [6.45, 7) is 2.51. The number of rotatable bonds is 6. The van der Waals surface area contributed by atoms with Crippen molar-refractivity contribution in [3.05, 3.63) is 28.9 Å². The molecular formula is C13H18N4O2S2. The number of anilines is 1. The summed E-state index contributed by atoms with van der Waals surface area (Å²) >= 11 is 1.30. The molecule has 6 nitrogen and oxygen atoms in total. The highest BCUT2D eigenvalue weighted by Gasteiger charge is 2.22. The first-order valence-corrected chi connectivity index (χ1v) is 9.09. The van der Waals surface area contributed by atoms with E-state index in [1.807, 2.05) is 6.07 Å². The minimum Gasteiger partial charge on any atom is -0.309 e.